The fraction of sp³-hybridized carbons (Fsp3) is 0.316. The topological polar surface area (TPSA) is 105 Å². The molecular weight excluding hydrogens is 350 g/mol. The molecule has 0 unspecified atom stereocenters. The number of nitro groups is 1. The third-order valence-electron chi connectivity index (χ3n) is 4.75. The van der Waals surface area contributed by atoms with Gasteiger partial charge in [0.2, 0.25) is 0 Å². The van der Waals surface area contributed by atoms with Crippen LogP contribution in [-0.2, 0) is 11.4 Å². The fourth-order valence-corrected chi connectivity index (χ4v) is 3.46. The summed E-state index contributed by atoms with van der Waals surface area (Å²) in [5, 5.41) is 24.3. The number of anilines is 2. The normalized spacial score (nSPS) is 15.1. The van der Waals surface area contributed by atoms with E-state index in [2.05, 4.69) is 5.32 Å². The molecule has 2 aromatic carbocycles. The molecule has 2 N–H and O–H groups in total. The van der Waals surface area contributed by atoms with Crippen molar-refractivity contribution in [3.63, 3.8) is 0 Å². The number of carbonyl (C=O) groups is 1. The summed E-state index contributed by atoms with van der Waals surface area (Å²) in [6.45, 7) is 3.28. The van der Waals surface area contributed by atoms with E-state index in [0.29, 0.717) is 28.1 Å². The number of nitrogens with zero attached hydrogens (tertiary/aromatic N) is 2. The number of likely N-dealkylation sites (N-methyl/N-ethyl adjacent to an activating group) is 1. The molecule has 1 amide bonds. The first-order valence-electron chi connectivity index (χ1n) is 8.37. The lowest BCUT2D eigenvalue weighted by Crippen LogP contribution is -2.52. The monoisotopic (exact) mass is 371 g/mol. The lowest BCUT2D eigenvalue weighted by molar-refractivity contribution is -0.384. The Morgan fingerprint density at radius 3 is 2.52 bits per heavy atom. The first kappa shape index (κ1) is 18.7. The minimum atomic E-state index is -0.763. The highest BCUT2D eigenvalue weighted by atomic mass is 16.6. The fourth-order valence-electron chi connectivity index (χ4n) is 3.46. The molecule has 0 aliphatic carbocycles. The van der Waals surface area contributed by atoms with Crippen molar-refractivity contribution in [2.45, 2.75) is 26.0 Å². The van der Waals surface area contributed by atoms with Gasteiger partial charge in [0.1, 0.15) is 11.3 Å². The van der Waals surface area contributed by atoms with Crippen molar-refractivity contribution >= 4 is 23.0 Å². The number of amides is 1. The summed E-state index contributed by atoms with van der Waals surface area (Å²) >= 11 is 0. The zero-order chi connectivity index (χ0) is 19.9. The number of aliphatic hydroxyl groups is 1. The average Bonchev–Trinajstić information content (AvgIpc) is 2.64. The van der Waals surface area contributed by atoms with Gasteiger partial charge in [-0.15, -0.1) is 0 Å². The molecule has 0 saturated carbocycles. The van der Waals surface area contributed by atoms with Crippen LogP contribution in [0.25, 0.3) is 11.1 Å². The Morgan fingerprint density at radius 1 is 1.26 bits per heavy atom. The maximum absolute atomic E-state index is 12.7. The van der Waals surface area contributed by atoms with Crippen LogP contribution < -0.4 is 15.0 Å². The van der Waals surface area contributed by atoms with E-state index in [9.17, 15) is 20.0 Å². The Bertz CT molecular complexity index is 939. The van der Waals surface area contributed by atoms with Gasteiger partial charge in [-0.05, 0) is 31.5 Å². The zero-order valence-corrected chi connectivity index (χ0v) is 15.6. The highest BCUT2D eigenvalue weighted by molar-refractivity contribution is 6.08. The quantitative estimate of drug-likeness (QED) is 0.632. The van der Waals surface area contributed by atoms with Crippen molar-refractivity contribution in [1.82, 2.24) is 0 Å². The number of hydrogen-bond acceptors (Lipinski definition) is 6. The van der Waals surface area contributed by atoms with Gasteiger partial charge in [-0.2, -0.15) is 0 Å². The molecule has 0 saturated heterocycles. The minimum absolute atomic E-state index is 0.0881. The molecule has 1 aliphatic rings. The lowest BCUT2D eigenvalue weighted by Gasteiger charge is -2.39. The molecule has 0 atom stereocenters. The number of nitro benzene ring substituents is 1. The number of aliphatic hydroxyl groups excluding tert-OH is 1. The van der Waals surface area contributed by atoms with Crippen LogP contribution in [0.4, 0.5) is 17.1 Å². The SMILES string of the molecule is COc1cc([N+](=O)[O-])ccc1-c1ccc2c(c1CO)N(C)C(=O)C(C)(C)N2. The molecule has 8 heteroatoms. The van der Waals surface area contributed by atoms with Crippen LogP contribution in [0, 0.1) is 10.1 Å². The predicted molar refractivity (Wildman–Crippen MR) is 102 cm³/mol. The Balaban J connectivity index is 2.23. The third kappa shape index (κ3) is 2.97. The van der Waals surface area contributed by atoms with Gasteiger partial charge in [-0.3, -0.25) is 14.9 Å². The van der Waals surface area contributed by atoms with Crippen LogP contribution in [0.15, 0.2) is 30.3 Å². The second-order valence-corrected chi connectivity index (χ2v) is 6.90. The number of hydrogen-bond donors (Lipinski definition) is 2. The maximum Gasteiger partial charge on any atom is 0.273 e. The second-order valence-electron chi connectivity index (χ2n) is 6.90. The van der Waals surface area contributed by atoms with Gasteiger partial charge >= 0.3 is 0 Å². The molecule has 3 rings (SSSR count). The Kier molecular flexibility index (Phi) is 4.52. The summed E-state index contributed by atoms with van der Waals surface area (Å²) < 4.78 is 5.33. The molecule has 0 spiro atoms. The predicted octanol–water partition coefficient (Wildman–Crippen LogP) is 2.93. The number of non-ortho nitro benzene ring substituents is 1. The van der Waals surface area contributed by atoms with Crippen molar-refractivity contribution in [2.75, 3.05) is 24.4 Å². The summed E-state index contributed by atoms with van der Waals surface area (Å²) in [4.78, 5) is 24.7. The van der Waals surface area contributed by atoms with Crippen molar-refractivity contribution < 1.29 is 19.6 Å². The van der Waals surface area contributed by atoms with E-state index in [1.165, 1.54) is 24.1 Å². The molecule has 2 aromatic rings. The molecule has 0 radical (unpaired) electrons. The molecule has 0 bridgehead atoms. The summed E-state index contributed by atoms with van der Waals surface area (Å²) in [6, 6.07) is 7.94. The van der Waals surface area contributed by atoms with Crippen LogP contribution >= 0.6 is 0 Å². The first-order valence-corrected chi connectivity index (χ1v) is 8.37. The lowest BCUT2D eigenvalue weighted by atomic mass is 9.92. The van der Waals surface area contributed by atoms with E-state index < -0.39 is 10.5 Å². The molecule has 0 aromatic heterocycles. The number of fused-ring (bicyclic) bond motifs is 1. The number of methoxy groups -OCH3 is 1. The standard InChI is InChI=1S/C19H21N3O5/c1-19(2)18(24)21(3)17-14(10-23)12(7-8-15(17)20-19)13-6-5-11(22(25)26)9-16(13)27-4/h5-9,20,23H,10H2,1-4H3. The number of carbonyl (C=O) groups excluding carboxylic acids is 1. The zero-order valence-electron chi connectivity index (χ0n) is 15.6. The van der Waals surface area contributed by atoms with Crippen LogP contribution in [0.5, 0.6) is 5.75 Å². The molecule has 142 valence electrons. The van der Waals surface area contributed by atoms with Gasteiger partial charge in [-0.25, -0.2) is 0 Å². The minimum Gasteiger partial charge on any atom is -0.496 e. The van der Waals surface area contributed by atoms with Gasteiger partial charge in [-0.1, -0.05) is 6.07 Å². The largest absolute Gasteiger partial charge is 0.496 e. The smallest absolute Gasteiger partial charge is 0.273 e. The Morgan fingerprint density at radius 2 is 1.93 bits per heavy atom. The van der Waals surface area contributed by atoms with E-state index in [1.54, 1.807) is 33.0 Å². The molecule has 0 fully saturated rings. The van der Waals surface area contributed by atoms with E-state index in [-0.39, 0.29) is 18.2 Å². The van der Waals surface area contributed by atoms with Gasteiger partial charge in [0, 0.05) is 24.2 Å². The second kappa shape index (κ2) is 6.55. The first-order chi connectivity index (χ1) is 12.7. The number of nitrogens with one attached hydrogen (secondary N) is 1. The van der Waals surface area contributed by atoms with Crippen molar-refractivity contribution in [2.24, 2.45) is 0 Å². The van der Waals surface area contributed by atoms with Crippen molar-refractivity contribution in [1.29, 1.82) is 0 Å². The van der Waals surface area contributed by atoms with Gasteiger partial charge in [0.25, 0.3) is 11.6 Å². The van der Waals surface area contributed by atoms with Crippen molar-refractivity contribution in [3.05, 3.63) is 46.0 Å². The summed E-state index contributed by atoms with van der Waals surface area (Å²) in [7, 11) is 3.10. The van der Waals surface area contributed by atoms with Gasteiger partial charge in [0.15, 0.2) is 0 Å². The average molecular weight is 371 g/mol. The van der Waals surface area contributed by atoms with Gasteiger partial charge < -0.3 is 20.1 Å². The van der Waals surface area contributed by atoms with E-state index in [1.807, 2.05) is 6.07 Å². The number of benzene rings is 2. The van der Waals surface area contributed by atoms with Crippen LogP contribution in [0.2, 0.25) is 0 Å². The summed E-state index contributed by atoms with van der Waals surface area (Å²) in [6.07, 6.45) is 0. The summed E-state index contributed by atoms with van der Waals surface area (Å²) in [5.74, 6) is 0.189. The summed E-state index contributed by atoms with van der Waals surface area (Å²) in [5.41, 5.74) is 2.25. The van der Waals surface area contributed by atoms with Gasteiger partial charge in [0.05, 0.1) is 36.1 Å². The molecule has 27 heavy (non-hydrogen) atoms. The number of ether oxygens (including phenoxy) is 1. The van der Waals surface area contributed by atoms with Crippen LogP contribution in [0.1, 0.15) is 19.4 Å². The molecule has 1 aliphatic heterocycles. The van der Waals surface area contributed by atoms with Crippen LogP contribution in [0.3, 0.4) is 0 Å². The Hall–Kier alpha value is -3.13. The molecule has 8 nitrogen and oxygen atoms in total. The maximum atomic E-state index is 12.7. The Labute approximate surface area is 156 Å². The molecule has 1 heterocycles. The van der Waals surface area contributed by atoms with E-state index in [0.717, 1.165) is 5.69 Å². The highest BCUT2D eigenvalue weighted by Gasteiger charge is 2.38. The number of rotatable bonds is 4. The molecular formula is C19H21N3O5. The highest BCUT2D eigenvalue weighted by Crippen LogP contribution is 2.44. The van der Waals surface area contributed by atoms with E-state index >= 15 is 0 Å². The van der Waals surface area contributed by atoms with Crippen LogP contribution in [-0.4, -0.2) is 35.6 Å². The third-order valence-corrected chi connectivity index (χ3v) is 4.75. The van der Waals surface area contributed by atoms with Crippen molar-refractivity contribution in [3.8, 4) is 16.9 Å². The van der Waals surface area contributed by atoms with E-state index in [4.69, 9.17) is 4.74 Å².